The Kier molecular flexibility index (Phi) is 13.1. The van der Waals surface area contributed by atoms with Crippen molar-refractivity contribution in [1.82, 2.24) is 0 Å². The number of nitrogens with two attached hydrogens (primary N) is 1. The first-order valence-electron chi connectivity index (χ1n) is 18.4. The number of benzene rings is 6. The number of carbonyl (C=O) groups is 2. The largest absolute Gasteiger partial charge is 0.462 e. The van der Waals surface area contributed by atoms with Crippen molar-refractivity contribution in [3.05, 3.63) is 166 Å². The van der Waals surface area contributed by atoms with Gasteiger partial charge in [0.05, 0.1) is 29.8 Å². The number of hydrogen-bond acceptors (Lipinski definition) is 9. The summed E-state index contributed by atoms with van der Waals surface area (Å²) >= 11 is 0. The molecule has 0 fully saturated rings. The van der Waals surface area contributed by atoms with Gasteiger partial charge in [-0.05, 0) is 86.6 Å². The molecule has 0 saturated carbocycles. The summed E-state index contributed by atoms with van der Waals surface area (Å²) < 4.78 is 77.5. The molecule has 8 rings (SSSR count). The molecule has 2 aromatic heterocycles. The number of ether oxygens (including phenoxy) is 2. The number of esters is 2. The number of nitro groups is 1. The molecule has 10 nitrogen and oxygen atoms in total. The van der Waals surface area contributed by atoms with Crippen LogP contribution in [0.25, 0.3) is 66.8 Å². The fraction of sp³-hybridized carbons (Fsp3) is 0.0870. The molecule has 0 aliphatic heterocycles. The summed E-state index contributed by atoms with van der Waals surface area (Å²) in [5, 5.41) is 12.4. The van der Waals surface area contributed by atoms with Crippen LogP contribution in [0.3, 0.4) is 0 Å². The third-order valence-electron chi connectivity index (χ3n) is 9.36. The van der Waals surface area contributed by atoms with E-state index in [0.29, 0.717) is 38.9 Å². The van der Waals surface area contributed by atoms with Crippen LogP contribution in [0.1, 0.15) is 34.6 Å². The molecule has 15 heteroatoms. The van der Waals surface area contributed by atoms with Crippen LogP contribution in [0.5, 0.6) is 0 Å². The van der Waals surface area contributed by atoms with Crippen molar-refractivity contribution in [2.45, 2.75) is 13.8 Å². The summed E-state index contributed by atoms with van der Waals surface area (Å²) in [6, 6.07) is 28.3. The van der Waals surface area contributed by atoms with E-state index < -0.39 is 40.1 Å². The molecule has 0 spiro atoms. The molecule has 0 aliphatic rings. The Balaban J connectivity index is 0.000000201. The maximum absolute atomic E-state index is 14.4. The second kappa shape index (κ2) is 18.4. The van der Waals surface area contributed by atoms with Crippen molar-refractivity contribution in [2.75, 3.05) is 18.9 Å². The smallest absolute Gasteiger partial charge is 0.342 e. The molecule has 0 unspecified atom stereocenters. The third kappa shape index (κ3) is 8.74. The van der Waals surface area contributed by atoms with E-state index in [9.17, 15) is 37.3 Å². The second-order valence-corrected chi connectivity index (χ2v) is 13.1. The zero-order valence-corrected chi connectivity index (χ0v) is 33.2. The minimum atomic E-state index is -0.714. The standard InChI is InChI=1S/C23H15F2NO5.C23H17F2NO3.Fe/c1-2-30-23(27)21-17-11-16(15-5-3-4-6-18(15)25)19(26(28)29)12-20(17)31-22(21)13-7-9-14(24)10-8-13;1-2-28-23(27)21-17-11-16(15-5-3-4-6-18(15)25)19(26)12-20(17)29-22(21)13-7-9-14(24)10-8-13;/h3-12H,2H2,1H3;3-12H,2,26H2,1H3;. The molecule has 310 valence electrons. The molecule has 0 aliphatic carbocycles. The van der Waals surface area contributed by atoms with Gasteiger partial charge in [-0.2, -0.15) is 0 Å². The van der Waals surface area contributed by atoms with Crippen LogP contribution >= 0.6 is 0 Å². The summed E-state index contributed by atoms with van der Waals surface area (Å²) in [6.45, 7) is 3.58. The summed E-state index contributed by atoms with van der Waals surface area (Å²) in [6.07, 6.45) is 0. The average Bonchev–Trinajstić information content (AvgIpc) is 3.80. The summed E-state index contributed by atoms with van der Waals surface area (Å²) in [7, 11) is 0. The minimum Gasteiger partial charge on any atom is -0.462 e. The second-order valence-electron chi connectivity index (χ2n) is 13.1. The van der Waals surface area contributed by atoms with Gasteiger partial charge >= 0.3 is 11.9 Å². The summed E-state index contributed by atoms with van der Waals surface area (Å²) in [4.78, 5) is 36.5. The quantitative estimate of drug-likeness (QED) is 0.0373. The predicted octanol–water partition coefficient (Wildman–Crippen LogP) is 11.9. The molecule has 0 saturated heterocycles. The van der Waals surface area contributed by atoms with E-state index in [1.165, 1.54) is 78.9 Å². The van der Waals surface area contributed by atoms with E-state index in [1.807, 2.05) is 0 Å². The van der Waals surface area contributed by atoms with E-state index in [1.54, 1.807) is 50.2 Å². The van der Waals surface area contributed by atoms with Gasteiger partial charge in [0.2, 0.25) is 0 Å². The number of fused-ring (bicyclic) bond motifs is 2. The monoisotopic (exact) mass is 872 g/mol. The molecule has 0 amide bonds. The van der Waals surface area contributed by atoms with Gasteiger partial charge in [-0.15, -0.1) is 0 Å². The number of rotatable bonds is 9. The third-order valence-corrected chi connectivity index (χ3v) is 9.36. The number of anilines is 1. The Bertz CT molecular complexity index is 2930. The summed E-state index contributed by atoms with van der Waals surface area (Å²) in [5.41, 5.74) is 8.33. The van der Waals surface area contributed by atoms with Crippen LogP contribution in [-0.2, 0) is 26.5 Å². The number of halogens is 4. The maximum Gasteiger partial charge on any atom is 0.342 e. The Morgan fingerprint density at radius 2 is 1.02 bits per heavy atom. The van der Waals surface area contributed by atoms with Crippen LogP contribution < -0.4 is 5.73 Å². The Labute approximate surface area is 355 Å². The Hall–Kier alpha value is -7.22. The van der Waals surface area contributed by atoms with Crippen molar-refractivity contribution in [3.8, 4) is 44.9 Å². The topological polar surface area (TPSA) is 148 Å². The molecule has 6 aromatic carbocycles. The fourth-order valence-corrected chi connectivity index (χ4v) is 6.67. The number of furan rings is 2. The van der Waals surface area contributed by atoms with Gasteiger partial charge in [-0.3, -0.25) is 10.1 Å². The van der Waals surface area contributed by atoms with Crippen molar-refractivity contribution in [3.63, 3.8) is 0 Å². The van der Waals surface area contributed by atoms with Gasteiger partial charge in [0.15, 0.2) is 0 Å². The molecule has 8 aromatic rings. The van der Waals surface area contributed by atoms with E-state index in [-0.39, 0.29) is 80.7 Å². The Morgan fingerprint density at radius 3 is 1.44 bits per heavy atom. The molecule has 2 heterocycles. The zero-order valence-electron chi connectivity index (χ0n) is 32.1. The molecule has 2 N–H and O–H groups in total. The molecule has 0 atom stereocenters. The molecule has 0 radical (unpaired) electrons. The fourth-order valence-electron chi connectivity index (χ4n) is 6.67. The number of nitro benzene ring substituents is 1. The van der Waals surface area contributed by atoms with Crippen LogP contribution in [0.4, 0.5) is 28.9 Å². The molecule has 61 heavy (non-hydrogen) atoms. The number of nitrogens with zero attached hydrogens (tertiary/aromatic N) is 1. The minimum absolute atomic E-state index is 0. The van der Waals surface area contributed by atoms with Gasteiger partial charge in [0, 0.05) is 67.4 Å². The molecule has 0 bridgehead atoms. The van der Waals surface area contributed by atoms with Gasteiger partial charge in [-0.25, -0.2) is 27.2 Å². The van der Waals surface area contributed by atoms with Gasteiger partial charge < -0.3 is 24.0 Å². The van der Waals surface area contributed by atoms with Crippen LogP contribution in [-0.4, -0.2) is 30.1 Å². The van der Waals surface area contributed by atoms with E-state index in [0.717, 1.165) is 6.07 Å². The predicted molar refractivity (Wildman–Crippen MR) is 217 cm³/mol. The maximum atomic E-state index is 14.4. The van der Waals surface area contributed by atoms with Gasteiger partial charge in [0.1, 0.15) is 57.1 Å². The first-order valence-corrected chi connectivity index (χ1v) is 18.4. The van der Waals surface area contributed by atoms with E-state index in [4.69, 9.17) is 24.0 Å². The van der Waals surface area contributed by atoms with Gasteiger partial charge in [0.25, 0.3) is 5.69 Å². The summed E-state index contributed by atoms with van der Waals surface area (Å²) in [5.74, 6) is -2.95. The van der Waals surface area contributed by atoms with Crippen LogP contribution in [0.15, 0.2) is 130 Å². The number of hydrogen-bond donors (Lipinski definition) is 1. The normalized spacial score (nSPS) is 10.8. The van der Waals surface area contributed by atoms with Crippen molar-refractivity contribution in [1.29, 1.82) is 0 Å². The van der Waals surface area contributed by atoms with Crippen LogP contribution in [0, 0.1) is 33.4 Å². The molecular weight excluding hydrogens is 840 g/mol. The SMILES string of the molecule is CCOC(=O)c1c(-c2ccc(F)cc2)oc2cc(N)c(-c3ccccc3F)cc12.CCOC(=O)c1c(-c2ccc(F)cc2)oc2cc([N+](=O)[O-])c(-c3ccccc3F)cc12.[Fe]. The first-order chi connectivity index (χ1) is 28.9. The molecular formula is C46H32F4FeN2O8. The van der Waals surface area contributed by atoms with Crippen molar-refractivity contribution < 1.29 is 67.5 Å². The average molecular weight is 873 g/mol. The van der Waals surface area contributed by atoms with E-state index in [2.05, 4.69) is 0 Å². The zero-order chi connectivity index (χ0) is 42.7. The van der Waals surface area contributed by atoms with Crippen LogP contribution in [0.2, 0.25) is 0 Å². The van der Waals surface area contributed by atoms with Crippen molar-refractivity contribution in [2.24, 2.45) is 0 Å². The number of carbonyl (C=O) groups excluding carboxylic acids is 2. The van der Waals surface area contributed by atoms with Crippen molar-refractivity contribution >= 4 is 45.3 Å². The van der Waals surface area contributed by atoms with E-state index >= 15 is 0 Å². The Morgan fingerprint density at radius 1 is 0.607 bits per heavy atom. The van der Waals surface area contributed by atoms with Gasteiger partial charge in [-0.1, -0.05) is 36.4 Å². The first kappa shape index (κ1) is 43.4. The number of nitrogen functional groups attached to an aromatic ring is 1.